The fraction of sp³-hybridized carbons (Fsp3) is 0.0833. The van der Waals surface area contributed by atoms with Crippen LogP contribution >= 0.6 is 0 Å². The molecule has 1 aromatic heterocycles. The summed E-state index contributed by atoms with van der Waals surface area (Å²) >= 11 is 0. The second-order valence-electron chi connectivity index (χ2n) is 6.88. The highest BCUT2D eigenvalue weighted by atomic mass is 19.1. The molecule has 0 aliphatic carbocycles. The zero-order valence-electron chi connectivity index (χ0n) is 16.0. The number of furan rings is 1. The highest BCUT2D eigenvalue weighted by molar-refractivity contribution is 6.15. The Morgan fingerprint density at radius 3 is 2.37 bits per heavy atom. The summed E-state index contributed by atoms with van der Waals surface area (Å²) in [6.07, 6.45) is 0. The van der Waals surface area contributed by atoms with Gasteiger partial charge >= 0.3 is 0 Å². The number of halogens is 2. The fourth-order valence-electron chi connectivity index (χ4n) is 3.15. The molecule has 6 heteroatoms. The summed E-state index contributed by atoms with van der Waals surface area (Å²) in [6, 6.07) is 16.4. The first-order valence-corrected chi connectivity index (χ1v) is 9.29. The molecule has 4 aromatic rings. The number of hydrogen-bond acceptors (Lipinski definition) is 4. The molecule has 4 nitrogen and oxygen atoms in total. The lowest BCUT2D eigenvalue weighted by molar-refractivity contribution is 0.0997. The second-order valence-corrected chi connectivity index (χ2v) is 6.88. The van der Waals surface area contributed by atoms with Gasteiger partial charge in [-0.3, -0.25) is 9.59 Å². The van der Waals surface area contributed by atoms with Crippen molar-refractivity contribution in [2.24, 2.45) is 0 Å². The monoisotopic (exact) mass is 405 g/mol. The molecule has 0 saturated carbocycles. The maximum Gasteiger partial charge on any atom is 0.230 e. The number of carbonyl (C=O) groups excluding carboxylic acids is 2. The predicted molar refractivity (Wildman–Crippen MR) is 110 cm³/mol. The van der Waals surface area contributed by atoms with Gasteiger partial charge in [-0.05, 0) is 55.0 Å². The standard InChI is InChI=1S/C24H17F2NO3/c1-14-6-7-16(12-19(14)26)23(29)24-22(18-4-2-3-5-21(18)30-24)27-13-20(28)15-8-10-17(25)11-9-15/h2-12,27H,13H2,1H3. The number of rotatable bonds is 6. The van der Waals surface area contributed by atoms with Crippen molar-refractivity contribution in [3.05, 3.63) is 101 Å². The van der Waals surface area contributed by atoms with E-state index >= 15 is 0 Å². The predicted octanol–water partition coefficient (Wildman–Crippen LogP) is 5.55. The van der Waals surface area contributed by atoms with Crippen molar-refractivity contribution in [2.75, 3.05) is 11.9 Å². The molecule has 30 heavy (non-hydrogen) atoms. The Kier molecular flexibility index (Phi) is 5.14. The van der Waals surface area contributed by atoms with E-state index < -0.39 is 17.4 Å². The highest BCUT2D eigenvalue weighted by Crippen LogP contribution is 2.32. The molecule has 0 bridgehead atoms. The smallest absolute Gasteiger partial charge is 0.230 e. The number of aryl methyl sites for hydroxylation is 1. The molecule has 0 fully saturated rings. The minimum absolute atomic E-state index is 0.00800. The van der Waals surface area contributed by atoms with Gasteiger partial charge in [-0.15, -0.1) is 0 Å². The van der Waals surface area contributed by atoms with Crippen LogP contribution in [0.3, 0.4) is 0 Å². The average Bonchev–Trinajstić information content (AvgIpc) is 3.12. The number of hydrogen-bond donors (Lipinski definition) is 1. The van der Waals surface area contributed by atoms with Crippen LogP contribution in [0.5, 0.6) is 0 Å². The summed E-state index contributed by atoms with van der Waals surface area (Å²) in [5, 5.41) is 3.60. The lowest BCUT2D eigenvalue weighted by Crippen LogP contribution is -2.15. The van der Waals surface area contributed by atoms with Crippen molar-refractivity contribution in [3.63, 3.8) is 0 Å². The van der Waals surface area contributed by atoms with Gasteiger partial charge in [-0.1, -0.05) is 24.3 Å². The Morgan fingerprint density at radius 2 is 1.63 bits per heavy atom. The van der Waals surface area contributed by atoms with E-state index in [1.54, 1.807) is 31.2 Å². The van der Waals surface area contributed by atoms with E-state index in [0.717, 1.165) is 6.07 Å². The molecule has 1 N–H and O–H groups in total. The first-order chi connectivity index (χ1) is 14.4. The number of Topliss-reactive ketones (excluding diaryl/α,β-unsaturated/α-hetero) is 1. The Morgan fingerprint density at radius 1 is 0.933 bits per heavy atom. The maximum absolute atomic E-state index is 14.0. The zero-order valence-corrected chi connectivity index (χ0v) is 16.0. The quantitative estimate of drug-likeness (QED) is 0.428. The second kappa shape index (κ2) is 7.91. The van der Waals surface area contributed by atoms with Gasteiger partial charge in [-0.2, -0.15) is 0 Å². The molecule has 1 heterocycles. The summed E-state index contributed by atoms with van der Waals surface area (Å²) in [7, 11) is 0. The van der Waals surface area contributed by atoms with E-state index in [2.05, 4.69) is 5.32 Å². The van der Waals surface area contributed by atoms with Crippen molar-refractivity contribution in [1.82, 2.24) is 0 Å². The zero-order chi connectivity index (χ0) is 21.3. The van der Waals surface area contributed by atoms with E-state index in [9.17, 15) is 18.4 Å². The molecule has 0 atom stereocenters. The van der Waals surface area contributed by atoms with Crippen LogP contribution in [0.4, 0.5) is 14.5 Å². The molecule has 0 saturated heterocycles. The number of benzene rings is 3. The topological polar surface area (TPSA) is 59.3 Å². The molecule has 0 amide bonds. The van der Waals surface area contributed by atoms with Gasteiger partial charge in [0.15, 0.2) is 11.5 Å². The Labute approximate surface area is 171 Å². The molecule has 0 radical (unpaired) electrons. The SMILES string of the molecule is Cc1ccc(C(=O)c2oc3ccccc3c2NCC(=O)c2ccc(F)cc2)cc1F. The molecule has 4 rings (SSSR count). The molecule has 0 aliphatic rings. The number of nitrogens with one attached hydrogen (secondary N) is 1. The minimum atomic E-state index is -0.498. The van der Waals surface area contributed by atoms with Crippen LogP contribution in [0.2, 0.25) is 0 Å². The van der Waals surface area contributed by atoms with E-state index in [1.165, 1.54) is 36.4 Å². The van der Waals surface area contributed by atoms with Crippen molar-refractivity contribution in [1.29, 1.82) is 0 Å². The third-order valence-electron chi connectivity index (χ3n) is 4.83. The lowest BCUT2D eigenvalue weighted by Gasteiger charge is -2.07. The van der Waals surface area contributed by atoms with Gasteiger partial charge in [0.2, 0.25) is 5.78 Å². The molecule has 3 aromatic carbocycles. The van der Waals surface area contributed by atoms with Crippen LogP contribution in [0.1, 0.15) is 32.0 Å². The normalized spacial score (nSPS) is 10.9. The molecule has 0 spiro atoms. The summed E-state index contributed by atoms with van der Waals surface area (Å²) in [5.41, 5.74) is 1.73. The third-order valence-corrected chi connectivity index (χ3v) is 4.83. The van der Waals surface area contributed by atoms with Crippen molar-refractivity contribution in [3.8, 4) is 0 Å². The van der Waals surface area contributed by atoms with Crippen LogP contribution < -0.4 is 5.32 Å². The Bertz CT molecular complexity index is 1260. The van der Waals surface area contributed by atoms with Crippen LogP contribution in [0, 0.1) is 18.6 Å². The summed E-state index contributed by atoms with van der Waals surface area (Å²) in [4.78, 5) is 25.5. The molecular formula is C24H17F2NO3. The fourth-order valence-corrected chi connectivity index (χ4v) is 3.15. The number of fused-ring (bicyclic) bond motifs is 1. The Balaban J connectivity index is 1.68. The van der Waals surface area contributed by atoms with E-state index in [1.807, 2.05) is 0 Å². The Hall–Kier alpha value is -3.80. The van der Waals surface area contributed by atoms with Crippen LogP contribution in [-0.2, 0) is 0 Å². The van der Waals surface area contributed by atoms with E-state index in [-0.39, 0.29) is 23.7 Å². The van der Waals surface area contributed by atoms with Crippen LogP contribution in [0.15, 0.2) is 71.1 Å². The average molecular weight is 405 g/mol. The van der Waals surface area contributed by atoms with Gasteiger partial charge in [-0.25, -0.2) is 8.78 Å². The minimum Gasteiger partial charge on any atom is -0.450 e. The van der Waals surface area contributed by atoms with Crippen LogP contribution in [-0.4, -0.2) is 18.1 Å². The maximum atomic E-state index is 14.0. The van der Waals surface area contributed by atoms with Gasteiger partial charge in [0.05, 0.1) is 12.2 Å². The highest BCUT2D eigenvalue weighted by Gasteiger charge is 2.23. The first kappa shape index (κ1) is 19.5. The van der Waals surface area contributed by atoms with Gasteiger partial charge < -0.3 is 9.73 Å². The third kappa shape index (κ3) is 3.72. The van der Waals surface area contributed by atoms with Crippen molar-refractivity contribution < 1.29 is 22.8 Å². The first-order valence-electron chi connectivity index (χ1n) is 9.29. The van der Waals surface area contributed by atoms with Gasteiger partial charge in [0.1, 0.15) is 17.2 Å². The summed E-state index contributed by atoms with van der Waals surface area (Å²) in [5.74, 6) is -1.70. The van der Waals surface area contributed by atoms with Gasteiger partial charge in [0, 0.05) is 16.5 Å². The van der Waals surface area contributed by atoms with E-state index in [4.69, 9.17) is 4.42 Å². The number of para-hydroxylation sites is 1. The van der Waals surface area contributed by atoms with E-state index in [0.29, 0.717) is 27.8 Å². The lowest BCUT2D eigenvalue weighted by atomic mass is 10.0. The van der Waals surface area contributed by atoms with Crippen LogP contribution in [0.25, 0.3) is 11.0 Å². The number of ketones is 2. The molecular weight excluding hydrogens is 388 g/mol. The van der Waals surface area contributed by atoms with Crippen molar-refractivity contribution in [2.45, 2.75) is 6.92 Å². The number of carbonyl (C=O) groups is 2. The molecule has 150 valence electrons. The van der Waals surface area contributed by atoms with Crippen molar-refractivity contribution >= 4 is 28.2 Å². The van der Waals surface area contributed by atoms with Gasteiger partial charge in [0.25, 0.3) is 0 Å². The summed E-state index contributed by atoms with van der Waals surface area (Å²) in [6.45, 7) is 1.48. The molecule has 0 aliphatic heterocycles. The molecule has 0 unspecified atom stereocenters. The largest absolute Gasteiger partial charge is 0.450 e. The summed E-state index contributed by atoms with van der Waals surface area (Å²) < 4.78 is 32.8. The number of anilines is 1.